The summed E-state index contributed by atoms with van der Waals surface area (Å²) >= 11 is 6.17. The van der Waals surface area contributed by atoms with E-state index in [0.717, 1.165) is 55.5 Å². The number of halogens is 1. The molecule has 0 aliphatic carbocycles. The van der Waals surface area contributed by atoms with Gasteiger partial charge in [-0.2, -0.15) is 0 Å². The van der Waals surface area contributed by atoms with E-state index in [0.29, 0.717) is 12.6 Å². The maximum Gasteiger partial charge on any atom is 0.129 e. The van der Waals surface area contributed by atoms with Crippen molar-refractivity contribution in [3.63, 3.8) is 0 Å². The van der Waals surface area contributed by atoms with Gasteiger partial charge in [0.2, 0.25) is 0 Å². The Morgan fingerprint density at radius 1 is 1.50 bits per heavy atom. The highest BCUT2D eigenvalue weighted by Gasteiger charge is 2.21. The summed E-state index contributed by atoms with van der Waals surface area (Å²) in [5.74, 6) is 1.00. The molecule has 0 spiro atoms. The quantitative estimate of drug-likeness (QED) is 0.876. The lowest BCUT2D eigenvalue weighted by Gasteiger charge is -2.33. The first-order chi connectivity index (χ1) is 9.74. The van der Waals surface area contributed by atoms with E-state index in [9.17, 15) is 0 Å². The predicted molar refractivity (Wildman–Crippen MR) is 83.5 cm³/mol. The van der Waals surface area contributed by atoms with Gasteiger partial charge in [0.25, 0.3) is 0 Å². The van der Waals surface area contributed by atoms with E-state index >= 15 is 0 Å². The van der Waals surface area contributed by atoms with Gasteiger partial charge in [0.05, 0.1) is 16.8 Å². The highest BCUT2D eigenvalue weighted by molar-refractivity contribution is 6.31. The molecule has 1 fully saturated rings. The minimum Gasteiger partial charge on any atom is -0.376 e. The third-order valence-electron chi connectivity index (χ3n) is 3.51. The molecule has 4 nitrogen and oxygen atoms in total. The molecule has 0 aromatic carbocycles. The third kappa shape index (κ3) is 4.08. The van der Waals surface area contributed by atoms with Crippen molar-refractivity contribution in [1.82, 2.24) is 10.3 Å². The molecule has 1 aliphatic rings. The molecule has 1 N–H and O–H groups in total. The number of ether oxygens (including phenoxy) is 1. The molecule has 0 amide bonds. The van der Waals surface area contributed by atoms with Gasteiger partial charge in [-0.1, -0.05) is 18.5 Å². The number of aromatic nitrogens is 1. The second kappa shape index (κ2) is 7.81. The number of piperidine rings is 1. The van der Waals surface area contributed by atoms with Gasteiger partial charge in [0.15, 0.2) is 0 Å². The Morgan fingerprint density at radius 2 is 2.35 bits per heavy atom. The van der Waals surface area contributed by atoms with Gasteiger partial charge in [-0.25, -0.2) is 4.98 Å². The van der Waals surface area contributed by atoms with Crippen molar-refractivity contribution in [3.05, 3.63) is 22.8 Å². The van der Waals surface area contributed by atoms with Crippen LogP contribution < -0.4 is 10.2 Å². The summed E-state index contributed by atoms with van der Waals surface area (Å²) in [6.45, 7) is 5.65. The topological polar surface area (TPSA) is 37.4 Å². The van der Waals surface area contributed by atoms with E-state index in [1.807, 2.05) is 19.2 Å². The number of hydrogen-bond acceptors (Lipinski definition) is 4. The van der Waals surface area contributed by atoms with Crippen molar-refractivity contribution in [2.24, 2.45) is 0 Å². The lowest BCUT2D eigenvalue weighted by atomic mass is 10.1. The predicted octanol–water partition coefficient (Wildman–Crippen LogP) is 2.85. The van der Waals surface area contributed by atoms with Crippen LogP contribution in [0.1, 0.15) is 31.9 Å². The molecule has 0 bridgehead atoms. The van der Waals surface area contributed by atoms with Crippen LogP contribution in [-0.2, 0) is 11.3 Å². The molecule has 1 atom stereocenters. The summed E-state index contributed by atoms with van der Waals surface area (Å²) in [6, 6.07) is 3.94. The van der Waals surface area contributed by atoms with Gasteiger partial charge < -0.3 is 15.0 Å². The molecule has 1 aromatic heterocycles. The number of rotatable bonds is 6. The van der Waals surface area contributed by atoms with E-state index in [4.69, 9.17) is 16.3 Å². The molecule has 1 aliphatic heterocycles. The third-order valence-corrected chi connectivity index (χ3v) is 3.85. The maximum atomic E-state index is 6.17. The van der Waals surface area contributed by atoms with Crippen molar-refractivity contribution in [2.75, 3.05) is 31.6 Å². The molecule has 1 unspecified atom stereocenters. The van der Waals surface area contributed by atoms with E-state index < -0.39 is 0 Å². The van der Waals surface area contributed by atoms with Crippen LogP contribution in [0.5, 0.6) is 0 Å². The summed E-state index contributed by atoms with van der Waals surface area (Å²) in [7, 11) is 1.90. The summed E-state index contributed by atoms with van der Waals surface area (Å²) in [6.07, 6.45) is 3.70. The first-order valence-corrected chi connectivity index (χ1v) is 7.79. The van der Waals surface area contributed by atoms with Crippen LogP contribution in [0.15, 0.2) is 12.1 Å². The van der Waals surface area contributed by atoms with E-state index in [1.165, 1.54) is 0 Å². The van der Waals surface area contributed by atoms with Crippen LogP contribution in [0.3, 0.4) is 0 Å². The number of pyridine rings is 1. The van der Waals surface area contributed by atoms with Gasteiger partial charge in [0.1, 0.15) is 5.82 Å². The zero-order valence-corrected chi connectivity index (χ0v) is 13.1. The van der Waals surface area contributed by atoms with Crippen LogP contribution in [0, 0.1) is 0 Å². The summed E-state index contributed by atoms with van der Waals surface area (Å²) in [4.78, 5) is 6.98. The Hall–Kier alpha value is -0.840. The maximum absolute atomic E-state index is 6.17. The molecule has 1 saturated heterocycles. The van der Waals surface area contributed by atoms with Crippen molar-refractivity contribution in [1.29, 1.82) is 0 Å². The largest absolute Gasteiger partial charge is 0.376 e. The zero-order chi connectivity index (χ0) is 14.4. The SMILES string of the molecule is CCCOC1CCCN(c2ccc(Cl)c(CNC)n2)C1. The van der Waals surface area contributed by atoms with Crippen molar-refractivity contribution in [3.8, 4) is 0 Å². The minimum absolute atomic E-state index is 0.328. The number of anilines is 1. The summed E-state index contributed by atoms with van der Waals surface area (Å²) in [5, 5.41) is 3.82. The highest BCUT2D eigenvalue weighted by Crippen LogP contribution is 2.23. The van der Waals surface area contributed by atoms with Crippen molar-refractivity contribution >= 4 is 17.4 Å². The molecule has 2 rings (SSSR count). The average Bonchev–Trinajstić information content (AvgIpc) is 2.48. The lowest BCUT2D eigenvalue weighted by Crippen LogP contribution is -2.40. The van der Waals surface area contributed by atoms with Gasteiger partial charge >= 0.3 is 0 Å². The molecule has 2 heterocycles. The smallest absolute Gasteiger partial charge is 0.129 e. The monoisotopic (exact) mass is 297 g/mol. The second-order valence-corrected chi connectivity index (χ2v) is 5.62. The second-order valence-electron chi connectivity index (χ2n) is 5.21. The molecule has 112 valence electrons. The first-order valence-electron chi connectivity index (χ1n) is 7.41. The fourth-order valence-corrected chi connectivity index (χ4v) is 2.68. The normalized spacial score (nSPS) is 19.4. The van der Waals surface area contributed by atoms with E-state index in [2.05, 4.69) is 22.1 Å². The van der Waals surface area contributed by atoms with Gasteiger partial charge in [-0.3, -0.25) is 0 Å². The molecule has 20 heavy (non-hydrogen) atoms. The van der Waals surface area contributed by atoms with E-state index in [1.54, 1.807) is 0 Å². The van der Waals surface area contributed by atoms with Crippen LogP contribution >= 0.6 is 11.6 Å². The van der Waals surface area contributed by atoms with Gasteiger partial charge in [-0.05, 0) is 38.4 Å². The molecular formula is C15H24ClN3O. The number of hydrogen-bond donors (Lipinski definition) is 1. The number of nitrogens with zero attached hydrogens (tertiary/aromatic N) is 2. The molecule has 0 radical (unpaired) electrons. The Labute approximate surface area is 126 Å². The summed E-state index contributed by atoms with van der Waals surface area (Å²) < 4.78 is 5.88. The van der Waals surface area contributed by atoms with Gasteiger partial charge in [-0.15, -0.1) is 0 Å². The Balaban J connectivity index is 2.04. The van der Waals surface area contributed by atoms with E-state index in [-0.39, 0.29) is 0 Å². The Kier molecular flexibility index (Phi) is 6.07. The molecule has 0 saturated carbocycles. The lowest BCUT2D eigenvalue weighted by molar-refractivity contribution is 0.0439. The van der Waals surface area contributed by atoms with Crippen molar-refractivity contribution < 1.29 is 4.74 Å². The zero-order valence-electron chi connectivity index (χ0n) is 12.4. The molecular weight excluding hydrogens is 274 g/mol. The minimum atomic E-state index is 0.328. The number of nitrogens with one attached hydrogen (secondary N) is 1. The van der Waals surface area contributed by atoms with Gasteiger partial charge in [0, 0.05) is 26.2 Å². The summed E-state index contributed by atoms with van der Waals surface area (Å²) in [5.41, 5.74) is 0.906. The standard InChI is InChI=1S/C15H24ClN3O/c1-3-9-20-12-5-4-8-19(11-12)15-7-6-13(16)14(18-15)10-17-2/h6-7,12,17H,3-5,8-11H2,1-2H3. The first kappa shape index (κ1) is 15.5. The van der Waals surface area contributed by atoms with Crippen LogP contribution in [-0.4, -0.2) is 37.8 Å². The van der Waals surface area contributed by atoms with Crippen LogP contribution in [0.2, 0.25) is 5.02 Å². The average molecular weight is 298 g/mol. The van der Waals surface area contributed by atoms with Crippen LogP contribution in [0.25, 0.3) is 0 Å². The Bertz CT molecular complexity index is 428. The van der Waals surface area contributed by atoms with Crippen LogP contribution in [0.4, 0.5) is 5.82 Å². The van der Waals surface area contributed by atoms with Crippen molar-refractivity contribution in [2.45, 2.75) is 38.8 Å². The fraction of sp³-hybridized carbons (Fsp3) is 0.667. The molecule has 5 heteroatoms. The molecule has 1 aromatic rings. The fourth-order valence-electron chi connectivity index (χ4n) is 2.51. The Morgan fingerprint density at radius 3 is 3.10 bits per heavy atom. The highest BCUT2D eigenvalue weighted by atomic mass is 35.5.